The van der Waals surface area contributed by atoms with E-state index in [4.69, 9.17) is 4.74 Å². The summed E-state index contributed by atoms with van der Waals surface area (Å²) in [5.74, 6) is -0.216. The Morgan fingerprint density at radius 2 is 2.33 bits per heavy atom. The molecular weight excluding hydrogens is 369 g/mol. The SMILES string of the molecule is COc1ccc(F)c(CN2CCC[C@](O)(CNCCc3nccs3)C2=O)c1. The van der Waals surface area contributed by atoms with Crippen molar-refractivity contribution in [3.05, 3.63) is 46.2 Å². The standard InChI is InChI=1S/C19H24FN3O3S/c1-26-15-3-4-16(20)14(11-15)12-23-9-2-6-19(25,18(23)24)13-21-7-5-17-22-8-10-27-17/h3-4,8,10-11,21,25H,2,5-7,9,12-13H2,1H3/t19-/m0/s1. The average molecular weight is 393 g/mol. The van der Waals surface area contributed by atoms with Crippen molar-refractivity contribution in [1.82, 2.24) is 15.2 Å². The lowest BCUT2D eigenvalue weighted by atomic mass is 9.91. The van der Waals surface area contributed by atoms with Gasteiger partial charge in [0.25, 0.3) is 5.91 Å². The largest absolute Gasteiger partial charge is 0.497 e. The number of ether oxygens (including phenoxy) is 1. The summed E-state index contributed by atoms with van der Waals surface area (Å²) >= 11 is 1.58. The van der Waals surface area contributed by atoms with Gasteiger partial charge in [0.2, 0.25) is 0 Å². The Balaban J connectivity index is 1.59. The van der Waals surface area contributed by atoms with Crippen LogP contribution in [0.25, 0.3) is 0 Å². The van der Waals surface area contributed by atoms with Gasteiger partial charge < -0.3 is 20.1 Å². The molecule has 1 aliphatic rings. The van der Waals surface area contributed by atoms with Crippen LogP contribution in [0.15, 0.2) is 29.8 Å². The number of carbonyl (C=O) groups is 1. The molecule has 2 N–H and O–H groups in total. The molecule has 1 aromatic carbocycles. The number of nitrogens with one attached hydrogen (secondary N) is 1. The number of hydrogen-bond donors (Lipinski definition) is 2. The second-order valence-corrected chi connectivity index (χ2v) is 7.65. The molecule has 1 aliphatic heterocycles. The van der Waals surface area contributed by atoms with Gasteiger partial charge in [-0.15, -0.1) is 11.3 Å². The van der Waals surface area contributed by atoms with E-state index in [1.807, 2.05) is 5.38 Å². The zero-order chi connectivity index (χ0) is 19.3. The highest BCUT2D eigenvalue weighted by atomic mass is 32.1. The van der Waals surface area contributed by atoms with Gasteiger partial charge in [0.05, 0.1) is 12.1 Å². The smallest absolute Gasteiger partial charge is 0.256 e. The summed E-state index contributed by atoms with van der Waals surface area (Å²) in [6, 6.07) is 4.46. The predicted octanol–water partition coefficient (Wildman–Crippen LogP) is 1.98. The Morgan fingerprint density at radius 3 is 3.07 bits per heavy atom. The third-order valence-electron chi connectivity index (χ3n) is 4.73. The summed E-state index contributed by atoms with van der Waals surface area (Å²) in [5, 5.41) is 16.9. The van der Waals surface area contributed by atoms with Crippen LogP contribution in [0.3, 0.4) is 0 Å². The van der Waals surface area contributed by atoms with E-state index in [-0.39, 0.29) is 24.8 Å². The first-order chi connectivity index (χ1) is 13.0. The number of rotatable bonds is 8. The van der Waals surface area contributed by atoms with Crippen LogP contribution in [-0.2, 0) is 17.8 Å². The van der Waals surface area contributed by atoms with Crippen LogP contribution < -0.4 is 10.1 Å². The van der Waals surface area contributed by atoms with E-state index in [0.29, 0.717) is 37.2 Å². The molecular formula is C19H24FN3O3S. The zero-order valence-corrected chi connectivity index (χ0v) is 16.1. The zero-order valence-electron chi connectivity index (χ0n) is 15.3. The molecule has 1 aromatic heterocycles. The molecule has 27 heavy (non-hydrogen) atoms. The highest BCUT2D eigenvalue weighted by molar-refractivity contribution is 7.09. The number of benzene rings is 1. The van der Waals surface area contributed by atoms with Crippen molar-refractivity contribution < 1.29 is 19.0 Å². The summed E-state index contributed by atoms with van der Waals surface area (Å²) < 4.78 is 19.2. The van der Waals surface area contributed by atoms with Crippen LogP contribution in [0.4, 0.5) is 4.39 Å². The van der Waals surface area contributed by atoms with E-state index in [0.717, 1.165) is 11.4 Å². The number of nitrogens with zero attached hydrogens (tertiary/aromatic N) is 2. The van der Waals surface area contributed by atoms with Crippen molar-refractivity contribution in [3.8, 4) is 5.75 Å². The van der Waals surface area contributed by atoms with Crippen LogP contribution in [0.1, 0.15) is 23.4 Å². The van der Waals surface area contributed by atoms with Gasteiger partial charge in [0.1, 0.15) is 11.6 Å². The van der Waals surface area contributed by atoms with Crippen molar-refractivity contribution in [2.24, 2.45) is 0 Å². The number of methoxy groups -OCH3 is 1. The molecule has 0 unspecified atom stereocenters. The molecule has 3 rings (SSSR count). The number of halogens is 1. The first-order valence-electron chi connectivity index (χ1n) is 8.95. The second-order valence-electron chi connectivity index (χ2n) is 6.67. The minimum atomic E-state index is -1.46. The monoisotopic (exact) mass is 393 g/mol. The van der Waals surface area contributed by atoms with Gasteiger partial charge in [-0.05, 0) is 31.0 Å². The molecule has 2 heterocycles. The normalized spacial score (nSPS) is 20.1. The second kappa shape index (κ2) is 8.77. The van der Waals surface area contributed by atoms with Gasteiger partial charge in [-0.2, -0.15) is 0 Å². The van der Waals surface area contributed by atoms with Crippen LogP contribution in [-0.4, -0.2) is 53.2 Å². The van der Waals surface area contributed by atoms with E-state index in [1.165, 1.54) is 18.1 Å². The van der Waals surface area contributed by atoms with Gasteiger partial charge in [-0.1, -0.05) is 0 Å². The van der Waals surface area contributed by atoms with Crippen LogP contribution in [0.2, 0.25) is 0 Å². The lowest BCUT2D eigenvalue weighted by molar-refractivity contribution is -0.157. The Hall–Kier alpha value is -2.03. The summed E-state index contributed by atoms with van der Waals surface area (Å²) in [5.41, 5.74) is -1.08. The minimum Gasteiger partial charge on any atom is -0.497 e. The molecule has 0 aliphatic carbocycles. The van der Waals surface area contributed by atoms with Crippen molar-refractivity contribution in [2.45, 2.75) is 31.4 Å². The molecule has 146 valence electrons. The highest BCUT2D eigenvalue weighted by Crippen LogP contribution is 2.25. The summed E-state index contributed by atoms with van der Waals surface area (Å²) in [6.45, 7) is 1.42. The van der Waals surface area contributed by atoms with Gasteiger partial charge >= 0.3 is 0 Å². The van der Waals surface area contributed by atoms with E-state index < -0.39 is 5.60 Å². The number of aliphatic hydroxyl groups is 1. The number of thiazole rings is 1. The number of hydrogen-bond acceptors (Lipinski definition) is 6. The fraction of sp³-hybridized carbons (Fsp3) is 0.474. The summed E-state index contributed by atoms with van der Waals surface area (Å²) in [7, 11) is 1.51. The topological polar surface area (TPSA) is 74.7 Å². The Labute approximate surface area is 162 Å². The first kappa shape index (κ1) is 19.7. The molecule has 0 radical (unpaired) electrons. The number of piperidine rings is 1. The molecule has 1 amide bonds. The molecule has 2 aromatic rings. The highest BCUT2D eigenvalue weighted by Gasteiger charge is 2.41. The quantitative estimate of drug-likeness (QED) is 0.671. The average Bonchev–Trinajstić information content (AvgIpc) is 3.18. The molecule has 8 heteroatoms. The molecule has 0 saturated carbocycles. The molecule has 1 atom stereocenters. The molecule has 0 bridgehead atoms. The molecule has 1 fully saturated rings. The van der Waals surface area contributed by atoms with Crippen LogP contribution in [0.5, 0.6) is 5.75 Å². The maximum Gasteiger partial charge on any atom is 0.256 e. The molecule has 1 saturated heterocycles. The number of carbonyl (C=O) groups excluding carboxylic acids is 1. The Morgan fingerprint density at radius 1 is 1.48 bits per heavy atom. The number of likely N-dealkylation sites (tertiary alicyclic amines) is 1. The van der Waals surface area contributed by atoms with E-state index in [2.05, 4.69) is 10.3 Å². The fourth-order valence-corrected chi connectivity index (χ4v) is 3.87. The van der Waals surface area contributed by atoms with Crippen molar-refractivity contribution >= 4 is 17.2 Å². The first-order valence-corrected chi connectivity index (χ1v) is 9.83. The number of amides is 1. The van der Waals surface area contributed by atoms with Crippen molar-refractivity contribution in [1.29, 1.82) is 0 Å². The lowest BCUT2D eigenvalue weighted by Gasteiger charge is -2.38. The van der Waals surface area contributed by atoms with E-state index >= 15 is 0 Å². The lowest BCUT2D eigenvalue weighted by Crippen LogP contribution is -2.57. The van der Waals surface area contributed by atoms with Gasteiger partial charge in [0, 0.05) is 49.7 Å². The van der Waals surface area contributed by atoms with Gasteiger partial charge in [-0.3, -0.25) is 4.79 Å². The summed E-state index contributed by atoms with van der Waals surface area (Å²) in [6.07, 6.45) is 3.57. The molecule has 0 spiro atoms. The van der Waals surface area contributed by atoms with Crippen molar-refractivity contribution in [3.63, 3.8) is 0 Å². The third kappa shape index (κ3) is 4.82. The van der Waals surface area contributed by atoms with Crippen LogP contribution >= 0.6 is 11.3 Å². The third-order valence-corrected chi connectivity index (χ3v) is 5.57. The minimum absolute atomic E-state index is 0.114. The van der Waals surface area contributed by atoms with Crippen molar-refractivity contribution in [2.75, 3.05) is 26.7 Å². The molecule has 6 nitrogen and oxygen atoms in total. The van der Waals surface area contributed by atoms with Crippen LogP contribution in [0, 0.1) is 5.82 Å². The fourth-order valence-electron chi connectivity index (χ4n) is 3.25. The van der Waals surface area contributed by atoms with E-state index in [9.17, 15) is 14.3 Å². The Bertz CT molecular complexity index is 772. The Kier molecular flexibility index (Phi) is 6.41. The maximum absolute atomic E-state index is 14.1. The van der Waals surface area contributed by atoms with E-state index in [1.54, 1.807) is 29.7 Å². The van der Waals surface area contributed by atoms with Gasteiger partial charge in [-0.25, -0.2) is 9.37 Å². The predicted molar refractivity (Wildman–Crippen MR) is 101 cm³/mol. The maximum atomic E-state index is 14.1. The number of aromatic nitrogens is 1. The van der Waals surface area contributed by atoms with Gasteiger partial charge in [0.15, 0.2) is 5.60 Å². The summed E-state index contributed by atoms with van der Waals surface area (Å²) in [4.78, 5) is 18.5.